The number of aryl methyl sites for hydroxylation is 2. The first kappa shape index (κ1) is 10.4. The molecule has 1 aromatic carbocycles. The predicted octanol–water partition coefficient (Wildman–Crippen LogP) is 3.49. The number of hydrogen-bond donors (Lipinski definition) is 2. The maximum absolute atomic E-state index is 5.71. The quantitative estimate of drug-likeness (QED) is 0.687. The first-order valence-electron chi connectivity index (χ1n) is 5.46. The van der Waals surface area contributed by atoms with E-state index in [4.69, 9.17) is 5.73 Å². The number of aromatic amines is 1. The van der Waals surface area contributed by atoms with E-state index in [1.54, 1.807) is 6.20 Å². The third kappa shape index (κ3) is 1.61. The molecule has 0 bridgehead atoms. The van der Waals surface area contributed by atoms with Gasteiger partial charge in [-0.3, -0.25) is 0 Å². The Morgan fingerprint density at radius 2 is 2.12 bits per heavy atom. The van der Waals surface area contributed by atoms with Gasteiger partial charge < -0.3 is 10.7 Å². The van der Waals surface area contributed by atoms with E-state index in [9.17, 15) is 0 Å². The molecule has 2 aromatic heterocycles. The third-order valence-corrected chi connectivity index (χ3v) is 3.95. The van der Waals surface area contributed by atoms with Crippen molar-refractivity contribution in [1.82, 2.24) is 9.97 Å². The molecule has 0 spiro atoms. The van der Waals surface area contributed by atoms with E-state index >= 15 is 0 Å². The molecule has 0 unspecified atom stereocenters. The van der Waals surface area contributed by atoms with Crippen molar-refractivity contribution in [2.75, 3.05) is 5.73 Å². The van der Waals surface area contributed by atoms with Crippen molar-refractivity contribution in [3.8, 4) is 10.6 Å². The Balaban J connectivity index is 2.22. The number of nitrogen functional groups attached to an aromatic ring is 1. The van der Waals surface area contributed by atoms with Gasteiger partial charge in [0.15, 0.2) is 0 Å². The fourth-order valence-corrected chi connectivity index (χ4v) is 2.69. The van der Waals surface area contributed by atoms with Gasteiger partial charge in [0, 0.05) is 22.2 Å². The molecular weight excluding hydrogens is 230 g/mol. The maximum atomic E-state index is 5.71. The van der Waals surface area contributed by atoms with Gasteiger partial charge in [-0.2, -0.15) is 0 Å². The molecule has 4 heteroatoms. The van der Waals surface area contributed by atoms with Crippen LogP contribution in [0.25, 0.3) is 21.5 Å². The number of benzene rings is 1. The minimum Gasteiger partial charge on any atom is -0.389 e. The number of rotatable bonds is 1. The van der Waals surface area contributed by atoms with Crippen LogP contribution in [0.1, 0.15) is 11.3 Å². The summed E-state index contributed by atoms with van der Waals surface area (Å²) in [7, 11) is 0. The molecule has 3 aromatic rings. The minimum absolute atomic E-state index is 0.752. The first-order chi connectivity index (χ1) is 8.15. The summed E-state index contributed by atoms with van der Waals surface area (Å²) in [5.41, 5.74) is 10.5. The van der Waals surface area contributed by atoms with E-state index in [0.717, 1.165) is 15.6 Å². The fraction of sp³-hybridized carbons (Fsp3) is 0.154. The van der Waals surface area contributed by atoms with E-state index in [1.165, 1.54) is 33.5 Å². The van der Waals surface area contributed by atoms with Crippen LogP contribution in [0.3, 0.4) is 0 Å². The summed E-state index contributed by atoms with van der Waals surface area (Å²) < 4.78 is 0. The number of aromatic nitrogens is 2. The molecule has 0 aliphatic heterocycles. The summed E-state index contributed by atoms with van der Waals surface area (Å²) in [6.45, 7) is 4.23. The molecule has 0 saturated heterocycles. The summed E-state index contributed by atoms with van der Waals surface area (Å²) in [6.07, 6.45) is 1.71. The summed E-state index contributed by atoms with van der Waals surface area (Å²) >= 11 is 1.52. The monoisotopic (exact) mass is 243 g/mol. The summed E-state index contributed by atoms with van der Waals surface area (Å²) in [4.78, 5) is 7.68. The van der Waals surface area contributed by atoms with Crippen molar-refractivity contribution < 1.29 is 0 Å². The number of nitrogens with zero attached hydrogens (tertiary/aromatic N) is 1. The van der Waals surface area contributed by atoms with Gasteiger partial charge in [0.1, 0.15) is 10.0 Å². The number of H-pyrrole nitrogens is 1. The lowest BCUT2D eigenvalue weighted by atomic mass is 10.1. The average molecular weight is 243 g/mol. The number of fused-ring (bicyclic) bond motifs is 1. The second-order valence-electron chi connectivity index (χ2n) is 4.20. The highest BCUT2D eigenvalue weighted by molar-refractivity contribution is 7.18. The number of anilines is 1. The Kier molecular flexibility index (Phi) is 2.19. The standard InChI is InChI=1S/C13H13N3S/c1-7-8(2)16-11-4-3-9(5-10(7)11)13-15-6-12(14)17-13/h3-6,16H,14H2,1-2H3. The lowest BCUT2D eigenvalue weighted by Crippen LogP contribution is -1.76. The van der Waals surface area contributed by atoms with E-state index < -0.39 is 0 Å². The SMILES string of the molecule is Cc1[nH]c2ccc(-c3ncc(N)s3)cc2c1C. The van der Waals surface area contributed by atoms with E-state index in [1.807, 2.05) is 0 Å². The third-order valence-electron chi connectivity index (χ3n) is 3.08. The number of nitrogens with two attached hydrogens (primary N) is 1. The molecule has 0 aliphatic carbocycles. The van der Waals surface area contributed by atoms with Crippen LogP contribution in [0, 0.1) is 13.8 Å². The van der Waals surface area contributed by atoms with Gasteiger partial charge in [0.05, 0.1) is 6.20 Å². The molecule has 0 amide bonds. The first-order valence-corrected chi connectivity index (χ1v) is 6.27. The topological polar surface area (TPSA) is 54.7 Å². The van der Waals surface area contributed by atoms with Crippen LogP contribution in [0.15, 0.2) is 24.4 Å². The van der Waals surface area contributed by atoms with Crippen LogP contribution in [-0.4, -0.2) is 9.97 Å². The zero-order valence-corrected chi connectivity index (χ0v) is 10.6. The van der Waals surface area contributed by atoms with Crippen molar-refractivity contribution in [1.29, 1.82) is 0 Å². The molecule has 2 heterocycles. The van der Waals surface area contributed by atoms with Crippen molar-refractivity contribution in [3.05, 3.63) is 35.7 Å². The van der Waals surface area contributed by atoms with Crippen LogP contribution in [0.2, 0.25) is 0 Å². The van der Waals surface area contributed by atoms with Crippen LogP contribution in [-0.2, 0) is 0 Å². The van der Waals surface area contributed by atoms with Crippen molar-refractivity contribution in [3.63, 3.8) is 0 Å². The van der Waals surface area contributed by atoms with E-state index in [-0.39, 0.29) is 0 Å². The Bertz CT molecular complexity index is 694. The van der Waals surface area contributed by atoms with E-state index in [2.05, 4.69) is 42.0 Å². The minimum atomic E-state index is 0.752. The van der Waals surface area contributed by atoms with Gasteiger partial charge in [-0.25, -0.2) is 4.98 Å². The molecule has 0 fully saturated rings. The lowest BCUT2D eigenvalue weighted by Gasteiger charge is -1.97. The highest BCUT2D eigenvalue weighted by atomic mass is 32.1. The molecule has 0 aliphatic rings. The second kappa shape index (κ2) is 3.60. The molecule has 3 rings (SSSR count). The molecule has 17 heavy (non-hydrogen) atoms. The zero-order valence-electron chi connectivity index (χ0n) is 9.74. The molecular formula is C13H13N3S. The van der Waals surface area contributed by atoms with Crippen molar-refractivity contribution in [2.24, 2.45) is 0 Å². The molecule has 0 saturated carbocycles. The highest BCUT2D eigenvalue weighted by Gasteiger charge is 2.08. The smallest absolute Gasteiger partial charge is 0.125 e. The Morgan fingerprint density at radius 1 is 1.29 bits per heavy atom. The van der Waals surface area contributed by atoms with Crippen molar-refractivity contribution in [2.45, 2.75) is 13.8 Å². The van der Waals surface area contributed by atoms with Gasteiger partial charge in [-0.15, -0.1) is 0 Å². The van der Waals surface area contributed by atoms with Crippen molar-refractivity contribution >= 4 is 27.2 Å². The molecule has 0 atom stereocenters. The second-order valence-corrected chi connectivity index (χ2v) is 5.27. The van der Waals surface area contributed by atoms with Crippen LogP contribution in [0.5, 0.6) is 0 Å². The fourth-order valence-electron chi connectivity index (χ4n) is 2.01. The van der Waals surface area contributed by atoms with Crippen LogP contribution >= 0.6 is 11.3 Å². The van der Waals surface area contributed by atoms with Crippen LogP contribution < -0.4 is 5.73 Å². The van der Waals surface area contributed by atoms with Gasteiger partial charge in [-0.1, -0.05) is 11.3 Å². The van der Waals surface area contributed by atoms with Crippen LogP contribution in [0.4, 0.5) is 5.00 Å². The lowest BCUT2D eigenvalue weighted by molar-refractivity contribution is 1.25. The summed E-state index contributed by atoms with van der Waals surface area (Å²) in [6, 6.07) is 6.35. The largest absolute Gasteiger partial charge is 0.389 e. The maximum Gasteiger partial charge on any atom is 0.125 e. The molecule has 0 radical (unpaired) electrons. The number of nitrogens with one attached hydrogen (secondary N) is 1. The molecule has 86 valence electrons. The number of hydrogen-bond acceptors (Lipinski definition) is 3. The number of thiazole rings is 1. The van der Waals surface area contributed by atoms with Gasteiger partial charge in [0.25, 0.3) is 0 Å². The Morgan fingerprint density at radius 3 is 2.82 bits per heavy atom. The summed E-state index contributed by atoms with van der Waals surface area (Å²) in [5.74, 6) is 0. The van der Waals surface area contributed by atoms with Gasteiger partial charge in [-0.05, 0) is 37.6 Å². The average Bonchev–Trinajstić information content (AvgIpc) is 2.85. The Hall–Kier alpha value is -1.81. The van der Waals surface area contributed by atoms with Gasteiger partial charge >= 0.3 is 0 Å². The molecule has 3 nitrogen and oxygen atoms in total. The van der Waals surface area contributed by atoms with Gasteiger partial charge in [0.2, 0.25) is 0 Å². The normalized spacial score (nSPS) is 11.2. The zero-order chi connectivity index (χ0) is 12.0. The highest BCUT2D eigenvalue weighted by Crippen LogP contribution is 2.30. The summed E-state index contributed by atoms with van der Waals surface area (Å²) in [5, 5.41) is 2.98. The Labute approximate surface area is 103 Å². The van der Waals surface area contributed by atoms with E-state index in [0.29, 0.717) is 0 Å². The predicted molar refractivity (Wildman–Crippen MR) is 73.3 cm³/mol. The molecule has 3 N–H and O–H groups in total.